The summed E-state index contributed by atoms with van der Waals surface area (Å²) in [6.07, 6.45) is 0.397. The summed E-state index contributed by atoms with van der Waals surface area (Å²) in [5.74, 6) is -1.29. The number of allylic oxidation sites excluding steroid dienone is 1. The summed E-state index contributed by atoms with van der Waals surface area (Å²) in [5.41, 5.74) is 5.06. The second-order valence-electron chi connectivity index (χ2n) is 7.88. The molecule has 5 rings (SSSR count). The van der Waals surface area contributed by atoms with Gasteiger partial charge in [-0.2, -0.15) is 5.26 Å². The second kappa shape index (κ2) is 6.78. The highest BCUT2D eigenvalue weighted by Crippen LogP contribution is 2.55. The first kappa shape index (κ1) is 19.5. The van der Waals surface area contributed by atoms with Crippen molar-refractivity contribution in [1.82, 2.24) is 0 Å². The largest absolute Gasteiger partial charge is 0.444 e. The Bertz CT molecular complexity index is 1320. The Morgan fingerprint density at radius 1 is 1.19 bits per heavy atom. The van der Waals surface area contributed by atoms with Gasteiger partial charge in [0.15, 0.2) is 5.78 Å². The number of Topliss-reactive ketones (excluding diaryl/α,β-unsaturated/α-hetero) is 1. The summed E-state index contributed by atoms with van der Waals surface area (Å²) in [6, 6.07) is 15.2. The maximum atomic E-state index is 13.5. The molecule has 1 spiro atoms. The highest BCUT2D eigenvalue weighted by atomic mass is 16.6. The van der Waals surface area contributed by atoms with Crippen LogP contribution in [0.1, 0.15) is 29.9 Å². The summed E-state index contributed by atoms with van der Waals surface area (Å²) in [6.45, 7) is 0. The molecule has 0 saturated carbocycles. The number of ether oxygens (including phenoxy) is 1. The second-order valence-corrected chi connectivity index (χ2v) is 7.88. The number of nitro benzene ring substituents is 1. The van der Waals surface area contributed by atoms with Crippen LogP contribution in [0.15, 0.2) is 71.3 Å². The number of fused-ring (bicyclic) bond motifs is 3. The van der Waals surface area contributed by atoms with Gasteiger partial charge < -0.3 is 15.8 Å². The van der Waals surface area contributed by atoms with Crippen molar-refractivity contribution in [3.63, 3.8) is 0 Å². The molecule has 9 nitrogen and oxygen atoms in total. The minimum Gasteiger partial charge on any atom is -0.444 e. The third kappa shape index (κ3) is 2.50. The maximum absolute atomic E-state index is 13.5. The molecule has 1 aliphatic carbocycles. The zero-order chi connectivity index (χ0) is 22.6. The molecular weight excluding hydrogens is 412 g/mol. The molecule has 0 fully saturated rings. The Labute approximate surface area is 181 Å². The van der Waals surface area contributed by atoms with E-state index in [1.807, 2.05) is 36.4 Å². The predicted octanol–water partition coefficient (Wildman–Crippen LogP) is 2.91. The van der Waals surface area contributed by atoms with E-state index in [0.717, 1.165) is 5.56 Å². The minimum absolute atomic E-state index is 0.0205. The van der Waals surface area contributed by atoms with Gasteiger partial charge in [-0.3, -0.25) is 19.7 Å². The lowest BCUT2D eigenvalue weighted by Gasteiger charge is -2.38. The van der Waals surface area contributed by atoms with Crippen LogP contribution >= 0.6 is 0 Å². The lowest BCUT2D eigenvalue weighted by atomic mass is 9.63. The number of amides is 1. The van der Waals surface area contributed by atoms with Gasteiger partial charge in [0.05, 0.1) is 10.5 Å². The molecule has 3 aliphatic rings. The number of benzene rings is 2. The zero-order valence-corrected chi connectivity index (χ0v) is 16.6. The van der Waals surface area contributed by atoms with Crippen molar-refractivity contribution in [1.29, 1.82) is 5.26 Å². The molecule has 0 bridgehead atoms. The van der Waals surface area contributed by atoms with Crippen LogP contribution in [0.4, 0.5) is 11.4 Å². The fourth-order valence-electron chi connectivity index (χ4n) is 4.88. The number of carbonyl (C=O) groups is 2. The van der Waals surface area contributed by atoms with Gasteiger partial charge >= 0.3 is 0 Å². The number of nitriles is 1. The number of nitrogens with zero attached hydrogens (tertiary/aromatic N) is 2. The summed E-state index contributed by atoms with van der Waals surface area (Å²) in [4.78, 5) is 37.7. The number of rotatable bonds is 2. The number of non-ortho nitro benzene ring substituents is 1. The van der Waals surface area contributed by atoms with Gasteiger partial charge in [0, 0.05) is 36.2 Å². The van der Waals surface area contributed by atoms with Gasteiger partial charge in [0.2, 0.25) is 11.8 Å². The van der Waals surface area contributed by atoms with Gasteiger partial charge in [-0.05, 0) is 17.5 Å². The first-order chi connectivity index (χ1) is 15.4. The molecule has 0 unspecified atom stereocenters. The predicted molar refractivity (Wildman–Crippen MR) is 112 cm³/mol. The summed E-state index contributed by atoms with van der Waals surface area (Å²) < 4.78 is 5.72. The van der Waals surface area contributed by atoms with Gasteiger partial charge in [-0.25, -0.2) is 0 Å². The molecule has 0 saturated heterocycles. The highest BCUT2D eigenvalue weighted by Gasteiger charge is 2.60. The number of carbonyl (C=O) groups excluding carboxylic acids is 2. The monoisotopic (exact) mass is 428 g/mol. The van der Waals surface area contributed by atoms with Crippen molar-refractivity contribution in [3.8, 4) is 6.07 Å². The van der Waals surface area contributed by atoms with E-state index in [1.54, 1.807) is 0 Å². The fourth-order valence-corrected chi connectivity index (χ4v) is 4.88. The van der Waals surface area contributed by atoms with Crippen LogP contribution in [0.25, 0.3) is 0 Å². The van der Waals surface area contributed by atoms with Crippen molar-refractivity contribution in [2.45, 2.75) is 24.2 Å². The van der Waals surface area contributed by atoms with E-state index in [2.05, 4.69) is 5.32 Å². The number of nitrogens with two attached hydrogens (primary N) is 1. The molecule has 2 atom stereocenters. The van der Waals surface area contributed by atoms with E-state index in [1.165, 1.54) is 18.2 Å². The smallest absolute Gasteiger partial charge is 0.269 e. The van der Waals surface area contributed by atoms with Crippen LogP contribution < -0.4 is 11.1 Å². The minimum atomic E-state index is -1.88. The van der Waals surface area contributed by atoms with Crippen LogP contribution in [0.2, 0.25) is 0 Å². The Morgan fingerprint density at radius 2 is 1.94 bits per heavy atom. The topological polar surface area (TPSA) is 148 Å². The van der Waals surface area contributed by atoms with E-state index in [4.69, 9.17) is 10.5 Å². The first-order valence-electron chi connectivity index (χ1n) is 9.88. The Balaban J connectivity index is 1.76. The van der Waals surface area contributed by atoms with E-state index in [0.29, 0.717) is 6.42 Å². The van der Waals surface area contributed by atoms with Crippen LogP contribution in [0, 0.1) is 21.4 Å². The molecule has 2 aromatic carbocycles. The number of ketones is 1. The van der Waals surface area contributed by atoms with Crippen molar-refractivity contribution in [2.75, 3.05) is 5.32 Å². The Morgan fingerprint density at radius 3 is 2.62 bits per heavy atom. The molecule has 3 N–H and O–H groups in total. The average molecular weight is 428 g/mol. The van der Waals surface area contributed by atoms with Gasteiger partial charge in [0.25, 0.3) is 5.69 Å². The summed E-state index contributed by atoms with van der Waals surface area (Å²) in [7, 11) is 0. The van der Waals surface area contributed by atoms with Gasteiger partial charge in [0.1, 0.15) is 22.8 Å². The lowest BCUT2D eigenvalue weighted by molar-refractivity contribution is -0.384. The van der Waals surface area contributed by atoms with E-state index in [9.17, 15) is 25.0 Å². The molecule has 9 heteroatoms. The number of hydrogen-bond donors (Lipinski definition) is 2. The SMILES string of the molecule is N#CC1=C(N)OC2=C(C(=O)C[C@@H](c3ccccc3)C2)[C@]12C(=O)Nc1ccc([N+](=O)[O-])cc12. The number of nitro groups is 1. The summed E-state index contributed by atoms with van der Waals surface area (Å²) in [5, 5.41) is 24.0. The third-order valence-electron chi connectivity index (χ3n) is 6.24. The molecule has 0 aromatic heterocycles. The van der Waals surface area contributed by atoms with Crippen molar-refractivity contribution in [2.24, 2.45) is 5.73 Å². The van der Waals surface area contributed by atoms with Crippen LogP contribution in [-0.2, 0) is 19.7 Å². The molecule has 158 valence electrons. The number of nitrogens with one attached hydrogen (secondary N) is 1. The number of hydrogen-bond acceptors (Lipinski definition) is 7. The van der Waals surface area contributed by atoms with Crippen molar-refractivity contribution >= 4 is 23.1 Å². The van der Waals surface area contributed by atoms with Crippen LogP contribution in [-0.4, -0.2) is 16.6 Å². The maximum Gasteiger partial charge on any atom is 0.269 e. The van der Waals surface area contributed by atoms with E-state index in [-0.39, 0.29) is 57.8 Å². The van der Waals surface area contributed by atoms with E-state index >= 15 is 0 Å². The molecule has 0 radical (unpaired) electrons. The fraction of sp³-hybridized carbons (Fsp3) is 0.174. The van der Waals surface area contributed by atoms with Gasteiger partial charge in [-0.1, -0.05) is 30.3 Å². The Kier molecular flexibility index (Phi) is 4.14. The first-order valence-corrected chi connectivity index (χ1v) is 9.88. The lowest BCUT2D eigenvalue weighted by Crippen LogP contribution is -2.47. The average Bonchev–Trinajstić information content (AvgIpc) is 3.05. The zero-order valence-electron chi connectivity index (χ0n) is 16.6. The highest BCUT2D eigenvalue weighted by molar-refractivity contribution is 6.19. The van der Waals surface area contributed by atoms with Crippen molar-refractivity contribution in [3.05, 3.63) is 92.6 Å². The molecule has 2 aromatic rings. The van der Waals surface area contributed by atoms with Crippen LogP contribution in [0.5, 0.6) is 0 Å². The van der Waals surface area contributed by atoms with Gasteiger partial charge in [-0.15, -0.1) is 0 Å². The molecular formula is C23H16N4O5. The quantitative estimate of drug-likeness (QED) is 0.552. The molecule has 2 heterocycles. The molecule has 32 heavy (non-hydrogen) atoms. The standard InChI is InChI=1S/C23H16N4O5/c24-11-16-21(25)32-19-9-13(12-4-2-1-3-5-12)8-18(28)20(19)23(16)15-10-14(27(30)31)6-7-17(15)26-22(23)29/h1-7,10,13H,8-9,25H2,(H,26,29)/t13-,23-/m1/s1. The molecule has 2 aliphatic heterocycles. The van der Waals surface area contributed by atoms with Crippen LogP contribution in [0.3, 0.4) is 0 Å². The van der Waals surface area contributed by atoms with E-state index < -0.39 is 16.2 Å². The molecule has 1 amide bonds. The normalized spacial score (nSPS) is 23.9. The van der Waals surface area contributed by atoms with Crippen molar-refractivity contribution < 1.29 is 19.2 Å². The summed E-state index contributed by atoms with van der Waals surface area (Å²) >= 11 is 0. The third-order valence-corrected chi connectivity index (χ3v) is 6.24. The Hall–Kier alpha value is -4.45. The number of anilines is 1.